The number of rotatable bonds is 5. The third-order valence-corrected chi connectivity index (χ3v) is 2.19. The van der Waals surface area contributed by atoms with Gasteiger partial charge in [-0.3, -0.25) is 4.68 Å². The molecule has 0 saturated heterocycles. The van der Waals surface area contributed by atoms with Gasteiger partial charge in [0.1, 0.15) is 17.5 Å². The number of nitrogens with zero attached hydrogens (tertiary/aromatic N) is 4. The van der Waals surface area contributed by atoms with E-state index in [0.29, 0.717) is 11.6 Å². The normalized spacial score (nSPS) is 10.2. The maximum atomic E-state index is 5.31. The second-order valence-electron chi connectivity index (χ2n) is 3.53. The largest absolute Gasteiger partial charge is 0.368 e. The number of nitrogens with one attached hydrogen (secondary N) is 2. The zero-order valence-electron chi connectivity index (χ0n) is 9.59. The fraction of sp³-hybridized carbons (Fsp3) is 0.300. The number of nitrogen functional groups attached to an aromatic ring is 1. The standard InChI is InChI=1S/C10H15N7/c1-8-14-9(7-10(15-8)16-11)12-4-6-17-5-2-3-13-17/h2-3,5,7H,4,6,11H2,1H3,(H2,12,14,15,16). The van der Waals surface area contributed by atoms with Crippen LogP contribution < -0.4 is 16.6 Å². The zero-order chi connectivity index (χ0) is 12.1. The van der Waals surface area contributed by atoms with Crippen molar-refractivity contribution in [3.8, 4) is 0 Å². The van der Waals surface area contributed by atoms with Crippen molar-refractivity contribution < 1.29 is 0 Å². The van der Waals surface area contributed by atoms with Crippen molar-refractivity contribution in [3.05, 3.63) is 30.4 Å². The summed E-state index contributed by atoms with van der Waals surface area (Å²) in [6, 6.07) is 3.65. The molecule has 0 amide bonds. The Morgan fingerprint density at radius 3 is 2.88 bits per heavy atom. The third kappa shape index (κ3) is 3.15. The Hall–Kier alpha value is -2.15. The van der Waals surface area contributed by atoms with Gasteiger partial charge >= 0.3 is 0 Å². The van der Waals surface area contributed by atoms with Crippen molar-refractivity contribution in [2.75, 3.05) is 17.3 Å². The molecule has 7 nitrogen and oxygen atoms in total. The SMILES string of the molecule is Cc1nc(NN)cc(NCCn2cccn2)n1. The Balaban J connectivity index is 1.92. The van der Waals surface area contributed by atoms with Crippen molar-refractivity contribution in [3.63, 3.8) is 0 Å². The van der Waals surface area contributed by atoms with E-state index < -0.39 is 0 Å². The predicted molar refractivity (Wildman–Crippen MR) is 65.3 cm³/mol. The molecule has 4 N–H and O–H groups in total. The summed E-state index contributed by atoms with van der Waals surface area (Å²) >= 11 is 0. The van der Waals surface area contributed by atoms with E-state index in [4.69, 9.17) is 5.84 Å². The Morgan fingerprint density at radius 2 is 2.18 bits per heavy atom. The summed E-state index contributed by atoms with van der Waals surface area (Å²) in [4.78, 5) is 8.36. The third-order valence-electron chi connectivity index (χ3n) is 2.19. The summed E-state index contributed by atoms with van der Waals surface area (Å²) in [5, 5.41) is 7.30. The van der Waals surface area contributed by atoms with Crippen LogP contribution in [0.15, 0.2) is 24.5 Å². The molecule has 0 spiro atoms. The van der Waals surface area contributed by atoms with Crippen LogP contribution in [0.2, 0.25) is 0 Å². The highest BCUT2D eigenvalue weighted by Crippen LogP contribution is 2.09. The van der Waals surface area contributed by atoms with Crippen LogP contribution in [-0.2, 0) is 6.54 Å². The molecule has 0 aliphatic heterocycles. The van der Waals surface area contributed by atoms with E-state index in [-0.39, 0.29) is 0 Å². The summed E-state index contributed by atoms with van der Waals surface area (Å²) in [7, 11) is 0. The summed E-state index contributed by atoms with van der Waals surface area (Å²) in [6.45, 7) is 3.34. The number of aromatic nitrogens is 4. The summed E-state index contributed by atoms with van der Waals surface area (Å²) in [6.07, 6.45) is 3.67. The topological polar surface area (TPSA) is 93.7 Å². The molecule has 0 aromatic carbocycles. The molecule has 2 heterocycles. The molecule has 7 heteroatoms. The Labute approximate surface area is 99.0 Å². The number of hydrogen-bond donors (Lipinski definition) is 3. The van der Waals surface area contributed by atoms with Crippen LogP contribution in [0, 0.1) is 6.92 Å². The zero-order valence-corrected chi connectivity index (χ0v) is 9.59. The van der Waals surface area contributed by atoms with Crippen LogP contribution in [0.4, 0.5) is 11.6 Å². The first-order valence-electron chi connectivity index (χ1n) is 5.31. The highest BCUT2D eigenvalue weighted by Gasteiger charge is 2.00. The highest BCUT2D eigenvalue weighted by molar-refractivity contribution is 5.46. The fourth-order valence-corrected chi connectivity index (χ4v) is 1.46. The van der Waals surface area contributed by atoms with Gasteiger partial charge in [-0.05, 0) is 13.0 Å². The minimum Gasteiger partial charge on any atom is -0.368 e. The van der Waals surface area contributed by atoms with Crippen molar-refractivity contribution in [1.29, 1.82) is 0 Å². The summed E-state index contributed by atoms with van der Waals surface area (Å²) in [5.74, 6) is 7.32. The molecule has 2 aromatic rings. The molecule has 17 heavy (non-hydrogen) atoms. The van der Waals surface area contributed by atoms with E-state index in [2.05, 4.69) is 25.8 Å². The molecule has 2 aromatic heterocycles. The summed E-state index contributed by atoms with van der Waals surface area (Å²) < 4.78 is 1.85. The lowest BCUT2D eigenvalue weighted by Gasteiger charge is -2.08. The lowest BCUT2D eigenvalue weighted by molar-refractivity contribution is 0.637. The lowest BCUT2D eigenvalue weighted by Crippen LogP contribution is -2.14. The van der Waals surface area contributed by atoms with Crippen molar-refractivity contribution in [1.82, 2.24) is 19.7 Å². The van der Waals surface area contributed by atoms with Crippen LogP contribution in [0.1, 0.15) is 5.82 Å². The molecule has 0 bridgehead atoms. The monoisotopic (exact) mass is 233 g/mol. The van der Waals surface area contributed by atoms with E-state index in [9.17, 15) is 0 Å². The van der Waals surface area contributed by atoms with Crippen LogP contribution in [0.25, 0.3) is 0 Å². The van der Waals surface area contributed by atoms with Crippen molar-refractivity contribution in [2.45, 2.75) is 13.5 Å². The number of anilines is 2. The first kappa shape index (κ1) is 11.3. The molecule has 0 atom stereocenters. The van der Waals surface area contributed by atoms with Crippen LogP contribution in [-0.4, -0.2) is 26.3 Å². The molecule has 0 radical (unpaired) electrons. The van der Waals surface area contributed by atoms with Gasteiger partial charge in [0.15, 0.2) is 0 Å². The van der Waals surface area contributed by atoms with Crippen LogP contribution in [0.5, 0.6) is 0 Å². The Morgan fingerprint density at radius 1 is 1.35 bits per heavy atom. The number of hydrogen-bond acceptors (Lipinski definition) is 6. The van der Waals surface area contributed by atoms with Crippen molar-refractivity contribution in [2.24, 2.45) is 5.84 Å². The van der Waals surface area contributed by atoms with E-state index in [1.54, 1.807) is 12.3 Å². The van der Waals surface area contributed by atoms with E-state index in [1.807, 2.05) is 23.9 Å². The first-order valence-corrected chi connectivity index (χ1v) is 5.31. The Kier molecular flexibility index (Phi) is 3.51. The van der Waals surface area contributed by atoms with Gasteiger partial charge in [0.25, 0.3) is 0 Å². The average molecular weight is 233 g/mol. The number of hydrazine groups is 1. The quantitative estimate of drug-likeness (QED) is 0.510. The first-order chi connectivity index (χ1) is 8.28. The van der Waals surface area contributed by atoms with Crippen LogP contribution >= 0.6 is 0 Å². The smallest absolute Gasteiger partial charge is 0.145 e. The average Bonchev–Trinajstić information content (AvgIpc) is 2.81. The summed E-state index contributed by atoms with van der Waals surface area (Å²) in [5.41, 5.74) is 2.50. The lowest BCUT2D eigenvalue weighted by atomic mass is 10.5. The maximum Gasteiger partial charge on any atom is 0.145 e. The van der Waals surface area contributed by atoms with Gasteiger partial charge in [0.05, 0.1) is 6.54 Å². The highest BCUT2D eigenvalue weighted by atomic mass is 15.3. The van der Waals surface area contributed by atoms with Gasteiger partial charge in [-0.2, -0.15) is 5.10 Å². The van der Waals surface area contributed by atoms with Gasteiger partial charge in [-0.1, -0.05) is 0 Å². The van der Waals surface area contributed by atoms with Gasteiger partial charge in [0.2, 0.25) is 0 Å². The van der Waals surface area contributed by atoms with E-state index in [0.717, 1.165) is 18.9 Å². The predicted octanol–water partition coefficient (Wildman–Crippen LogP) is 0.379. The molecule has 0 saturated carbocycles. The second-order valence-corrected chi connectivity index (χ2v) is 3.53. The number of nitrogens with two attached hydrogens (primary N) is 1. The molecule has 2 rings (SSSR count). The molecule has 0 fully saturated rings. The second kappa shape index (κ2) is 5.26. The minimum absolute atomic E-state index is 0.596. The molecule has 0 unspecified atom stereocenters. The molecular formula is C10H15N7. The number of aryl methyl sites for hydroxylation is 1. The molecule has 0 aliphatic carbocycles. The van der Waals surface area contributed by atoms with Crippen LogP contribution in [0.3, 0.4) is 0 Å². The maximum absolute atomic E-state index is 5.31. The van der Waals surface area contributed by atoms with Crippen molar-refractivity contribution >= 4 is 11.6 Å². The van der Waals surface area contributed by atoms with E-state index in [1.165, 1.54) is 0 Å². The Bertz CT molecular complexity index is 466. The molecule has 0 aliphatic rings. The fourth-order valence-electron chi connectivity index (χ4n) is 1.46. The molecular weight excluding hydrogens is 218 g/mol. The minimum atomic E-state index is 0.596. The van der Waals surface area contributed by atoms with E-state index >= 15 is 0 Å². The molecule has 90 valence electrons. The van der Waals surface area contributed by atoms with Gasteiger partial charge in [0, 0.05) is 25.0 Å². The van der Waals surface area contributed by atoms with Gasteiger partial charge < -0.3 is 10.7 Å². The van der Waals surface area contributed by atoms with Gasteiger partial charge in [-0.25, -0.2) is 15.8 Å². The van der Waals surface area contributed by atoms with Gasteiger partial charge in [-0.15, -0.1) is 0 Å².